The van der Waals surface area contributed by atoms with Gasteiger partial charge in [-0.3, -0.25) is 4.79 Å². The zero-order valence-corrected chi connectivity index (χ0v) is 15.1. The molecule has 1 aliphatic heterocycles. The van der Waals surface area contributed by atoms with Gasteiger partial charge in [-0.1, -0.05) is 23.7 Å². The van der Waals surface area contributed by atoms with E-state index >= 15 is 0 Å². The molecule has 1 fully saturated rings. The predicted octanol–water partition coefficient (Wildman–Crippen LogP) is 3.67. The van der Waals surface area contributed by atoms with Crippen molar-refractivity contribution in [3.8, 4) is 5.75 Å². The first-order valence-electron chi connectivity index (χ1n) is 8.42. The minimum absolute atomic E-state index is 0.0304. The number of carbonyl (C=O) groups is 2. The molecule has 26 heavy (non-hydrogen) atoms. The number of nitrogens with zero attached hydrogens (tertiary/aromatic N) is 1. The van der Waals surface area contributed by atoms with Crippen LogP contribution in [0, 0.1) is 0 Å². The molecule has 0 aliphatic carbocycles. The standard InChI is InChI=1S/C19H20ClN3O3/c1-2-26-15-9-7-14(8-10-15)23-12-13(11-18(23)24)21-19(25)22-17-6-4-3-5-16(17)20/h3-10,13H,2,11-12H2,1H3,(H2,21,22,25)/t13-/m1/s1. The van der Waals surface area contributed by atoms with Crippen LogP contribution in [-0.2, 0) is 4.79 Å². The third-order valence-corrected chi connectivity index (χ3v) is 4.37. The van der Waals surface area contributed by atoms with E-state index in [-0.39, 0.29) is 24.4 Å². The largest absolute Gasteiger partial charge is 0.494 e. The molecule has 1 atom stereocenters. The van der Waals surface area contributed by atoms with E-state index in [2.05, 4.69) is 10.6 Å². The SMILES string of the molecule is CCOc1ccc(N2C[C@H](NC(=O)Nc3ccccc3Cl)CC2=O)cc1. The molecule has 3 rings (SSSR count). The van der Waals surface area contributed by atoms with Crippen LogP contribution in [0.3, 0.4) is 0 Å². The number of halogens is 1. The molecule has 6 nitrogen and oxygen atoms in total. The van der Waals surface area contributed by atoms with Crippen molar-refractivity contribution >= 4 is 34.9 Å². The van der Waals surface area contributed by atoms with E-state index in [1.54, 1.807) is 29.2 Å². The Morgan fingerprint density at radius 3 is 2.65 bits per heavy atom. The molecule has 2 aromatic carbocycles. The smallest absolute Gasteiger partial charge is 0.319 e. The molecule has 0 radical (unpaired) electrons. The molecule has 1 saturated heterocycles. The van der Waals surface area contributed by atoms with Crippen molar-refractivity contribution in [2.24, 2.45) is 0 Å². The number of para-hydroxylation sites is 1. The molecule has 2 aromatic rings. The molecular formula is C19H20ClN3O3. The first-order valence-corrected chi connectivity index (χ1v) is 8.80. The Kier molecular flexibility index (Phi) is 5.63. The number of ether oxygens (including phenoxy) is 1. The van der Waals surface area contributed by atoms with E-state index in [9.17, 15) is 9.59 Å². The lowest BCUT2D eigenvalue weighted by atomic mass is 10.2. The second-order valence-corrected chi connectivity index (χ2v) is 6.32. The average molecular weight is 374 g/mol. The average Bonchev–Trinajstić information content (AvgIpc) is 2.98. The van der Waals surface area contributed by atoms with Crippen molar-refractivity contribution < 1.29 is 14.3 Å². The Labute approximate surface area is 157 Å². The molecule has 0 unspecified atom stereocenters. The van der Waals surface area contributed by atoms with E-state index in [1.165, 1.54) is 0 Å². The van der Waals surface area contributed by atoms with Gasteiger partial charge in [-0.05, 0) is 43.3 Å². The third kappa shape index (κ3) is 4.26. The number of benzene rings is 2. The van der Waals surface area contributed by atoms with Gasteiger partial charge in [0, 0.05) is 18.7 Å². The van der Waals surface area contributed by atoms with E-state index in [0.29, 0.717) is 23.9 Å². The second-order valence-electron chi connectivity index (χ2n) is 5.91. The van der Waals surface area contributed by atoms with Gasteiger partial charge in [0.25, 0.3) is 0 Å². The fraction of sp³-hybridized carbons (Fsp3) is 0.263. The summed E-state index contributed by atoms with van der Waals surface area (Å²) in [5.41, 5.74) is 1.31. The van der Waals surface area contributed by atoms with Gasteiger partial charge in [0.1, 0.15) is 5.75 Å². The monoisotopic (exact) mass is 373 g/mol. The van der Waals surface area contributed by atoms with E-state index in [4.69, 9.17) is 16.3 Å². The summed E-state index contributed by atoms with van der Waals surface area (Å²) in [4.78, 5) is 26.1. The molecule has 2 N–H and O–H groups in total. The first kappa shape index (κ1) is 18.1. The van der Waals surface area contributed by atoms with Gasteiger partial charge >= 0.3 is 6.03 Å². The highest BCUT2D eigenvalue weighted by Crippen LogP contribution is 2.25. The Hall–Kier alpha value is -2.73. The van der Waals surface area contributed by atoms with Gasteiger partial charge in [-0.15, -0.1) is 0 Å². The van der Waals surface area contributed by atoms with Crippen molar-refractivity contribution in [1.82, 2.24) is 5.32 Å². The molecule has 1 aliphatic rings. The summed E-state index contributed by atoms with van der Waals surface area (Å²) in [6, 6.07) is 13.7. The molecule has 136 valence electrons. The fourth-order valence-electron chi connectivity index (χ4n) is 2.85. The maximum absolute atomic E-state index is 12.3. The van der Waals surface area contributed by atoms with Gasteiger partial charge in [0.2, 0.25) is 5.91 Å². The summed E-state index contributed by atoms with van der Waals surface area (Å²) in [5, 5.41) is 5.98. The van der Waals surface area contributed by atoms with Crippen molar-refractivity contribution in [2.75, 3.05) is 23.4 Å². The molecule has 1 heterocycles. The maximum Gasteiger partial charge on any atom is 0.319 e. The Morgan fingerprint density at radius 1 is 1.23 bits per heavy atom. The molecular weight excluding hydrogens is 354 g/mol. The van der Waals surface area contributed by atoms with Crippen LogP contribution in [0.5, 0.6) is 5.75 Å². The van der Waals surface area contributed by atoms with Crippen molar-refractivity contribution in [3.05, 3.63) is 53.6 Å². The number of amides is 3. The van der Waals surface area contributed by atoms with Crippen LogP contribution in [-0.4, -0.2) is 31.1 Å². The minimum Gasteiger partial charge on any atom is -0.494 e. The fourth-order valence-corrected chi connectivity index (χ4v) is 3.03. The maximum atomic E-state index is 12.3. The van der Waals surface area contributed by atoms with Gasteiger partial charge in [-0.2, -0.15) is 0 Å². The highest BCUT2D eigenvalue weighted by molar-refractivity contribution is 6.33. The second kappa shape index (κ2) is 8.10. The molecule has 7 heteroatoms. The van der Waals surface area contributed by atoms with E-state index in [1.807, 2.05) is 31.2 Å². The molecule has 0 saturated carbocycles. The summed E-state index contributed by atoms with van der Waals surface area (Å²) in [6.45, 7) is 2.93. The van der Waals surface area contributed by atoms with Crippen LogP contribution in [0.25, 0.3) is 0 Å². The normalized spacial score (nSPS) is 16.5. The topological polar surface area (TPSA) is 70.7 Å². The molecule has 3 amide bonds. The molecule has 0 aromatic heterocycles. The Balaban J connectivity index is 1.59. The van der Waals surface area contributed by atoms with Crippen molar-refractivity contribution in [1.29, 1.82) is 0 Å². The highest BCUT2D eigenvalue weighted by Gasteiger charge is 2.31. The quantitative estimate of drug-likeness (QED) is 0.840. The zero-order chi connectivity index (χ0) is 18.5. The first-order chi connectivity index (χ1) is 12.6. The summed E-state index contributed by atoms with van der Waals surface area (Å²) in [5.74, 6) is 0.730. The van der Waals surface area contributed by atoms with E-state index in [0.717, 1.165) is 11.4 Å². The van der Waals surface area contributed by atoms with Crippen LogP contribution in [0.15, 0.2) is 48.5 Å². The number of anilines is 2. The number of nitrogens with one attached hydrogen (secondary N) is 2. The lowest BCUT2D eigenvalue weighted by Crippen LogP contribution is -2.39. The number of urea groups is 1. The summed E-state index contributed by atoms with van der Waals surface area (Å²) < 4.78 is 5.41. The van der Waals surface area contributed by atoms with Crippen LogP contribution >= 0.6 is 11.6 Å². The van der Waals surface area contributed by atoms with Crippen molar-refractivity contribution in [2.45, 2.75) is 19.4 Å². The number of carbonyl (C=O) groups excluding carboxylic acids is 2. The van der Waals surface area contributed by atoms with Gasteiger partial charge in [0.15, 0.2) is 0 Å². The third-order valence-electron chi connectivity index (χ3n) is 4.04. The Morgan fingerprint density at radius 2 is 1.96 bits per heavy atom. The van der Waals surface area contributed by atoms with Crippen molar-refractivity contribution in [3.63, 3.8) is 0 Å². The number of hydrogen-bond acceptors (Lipinski definition) is 3. The zero-order valence-electron chi connectivity index (χ0n) is 14.4. The predicted molar refractivity (Wildman–Crippen MR) is 102 cm³/mol. The van der Waals surface area contributed by atoms with Gasteiger partial charge < -0.3 is 20.3 Å². The number of rotatable bonds is 5. The van der Waals surface area contributed by atoms with Crippen LogP contribution in [0.2, 0.25) is 5.02 Å². The molecule has 0 spiro atoms. The summed E-state index contributed by atoms with van der Waals surface area (Å²) in [7, 11) is 0. The Bertz CT molecular complexity index is 795. The van der Waals surface area contributed by atoms with Gasteiger partial charge in [0.05, 0.1) is 23.4 Å². The van der Waals surface area contributed by atoms with Crippen LogP contribution < -0.4 is 20.3 Å². The highest BCUT2D eigenvalue weighted by atomic mass is 35.5. The number of hydrogen-bond donors (Lipinski definition) is 2. The van der Waals surface area contributed by atoms with Crippen LogP contribution in [0.4, 0.5) is 16.2 Å². The lowest BCUT2D eigenvalue weighted by molar-refractivity contribution is -0.117. The molecule has 0 bridgehead atoms. The van der Waals surface area contributed by atoms with E-state index < -0.39 is 0 Å². The van der Waals surface area contributed by atoms with Crippen LogP contribution in [0.1, 0.15) is 13.3 Å². The summed E-state index contributed by atoms with van der Waals surface area (Å²) in [6.07, 6.45) is 0.253. The lowest BCUT2D eigenvalue weighted by Gasteiger charge is -2.18. The van der Waals surface area contributed by atoms with Gasteiger partial charge in [-0.25, -0.2) is 4.79 Å². The summed E-state index contributed by atoms with van der Waals surface area (Å²) >= 11 is 6.03. The minimum atomic E-state index is -0.385.